The third-order valence-corrected chi connectivity index (χ3v) is 3.08. The molecule has 0 aliphatic heterocycles. The molecular weight excluding hydrogens is 234 g/mol. The normalized spacial score (nSPS) is 11.8. The van der Waals surface area contributed by atoms with E-state index in [0.717, 1.165) is 44.6 Å². The first kappa shape index (κ1) is 15.6. The molecule has 1 aromatic carbocycles. The van der Waals surface area contributed by atoms with Crippen molar-refractivity contribution in [1.82, 2.24) is 5.32 Å². The second-order valence-corrected chi connectivity index (χ2v) is 4.62. The highest BCUT2D eigenvalue weighted by Gasteiger charge is 2.09. The molecule has 0 aliphatic carbocycles. The first-order valence-corrected chi connectivity index (χ1v) is 7.21. The minimum Gasteiger partial charge on any atom is -0.494 e. The van der Waals surface area contributed by atoms with Gasteiger partial charge < -0.3 is 10.1 Å². The Kier molecular flexibility index (Phi) is 7.77. The molecule has 2 nitrogen and oxygen atoms in total. The molecule has 0 saturated carbocycles. The molecule has 0 aromatic heterocycles. The van der Waals surface area contributed by atoms with Gasteiger partial charge in [-0.05, 0) is 37.1 Å². The van der Waals surface area contributed by atoms with Crippen LogP contribution >= 0.6 is 0 Å². The Labute approximate surface area is 117 Å². The highest BCUT2D eigenvalue weighted by atomic mass is 16.5. The quantitative estimate of drug-likeness (QED) is 0.536. The maximum absolute atomic E-state index is 5.67. The lowest BCUT2D eigenvalue weighted by Gasteiger charge is -2.17. The van der Waals surface area contributed by atoms with Gasteiger partial charge >= 0.3 is 0 Å². The van der Waals surface area contributed by atoms with Crippen molar-refractivity contribution in [2.45, 2.75) is 45.6 Å². The van der Waals surface area contributed by atoms with Crippen molar-refractivity contribution >= 4 is 0 Å². The maximum Gasteiger partial charge on any atom is 0.119 e. The van der Waals surface area contributed by atoms with Gasteiger partial charge in [-0.3, -0.25) is 0 Å². The number of unbranched alkanes of at least 4 members (excludes halogenated alkanes) is 1. The van der Waals surface area contributed by atoms with E-state index >= 15 is 0 Å². The first-order chi connectivity index (χ1) is 9.31. The van der Waals surface area contributed by atoms with Crippen LogP contribution in [0.25, 0.3) is 0 Å². The number of hydrogen-bond donors (Lipinski definition) is 1. The van der Waals surface area contributed by atoms with Crippen LogP contribution in [0.1, 0.15) is 51.1 Å². The molecule has 0 fully saturated rings. The average Bonchev–Trinajstić information content (AvgIpc) is 2.45. The highest BCUT2D eigenvalue weighted by Crippen LogP contribution is 2.21. The summed E-state index contributed by atoms with van der Waals surface area (Å²) < 4.78 is 5.67. The molecule has 1 unspecified atom stereocenters. The van der Waals surface area contributed by atoms with E-state index in [-0.39, 0.29) is 0 Å². The Morgan fingerprint density at radius 3 is 2.58 bits per heavy atom. The molecule has 1 rings (SSSR count). The lowest BCUT2D eigenvalue weighted by molar-refractivity contribution is 0.309. The first-order valence-electron chi connectivity index (χ1n) is 7.21. The molecule has 2 heteroatoms. The number of benzene rings is 1. The Bertz CT molecular complexity index is 377. The summed E-state index contributed by atoms with van der Waals surface area (Å²) in [5, 5.41) is 3.47. The van der Waals surface area contributed by atoms with Crippen molar-refractivity contribution < 1.29 is 4.74 Å². The molecule has 1 aromatic rings. The van der Waals surface area contributed by atoms with Crippen molar-refractivity contribution in [2.75, 3.05) is 13.2 Å². The third-order valence-electron chi connectivity index (χ3n) is 3.08. The van der Waals surface area contributed by atoms with Gasteiger partial charge in [0.05, 0.1) is 6.61 Å². The van der Waals surface area contributed by atoms with E-state index < -0.39 is 0 Å². The second-order valence-electron chi connectivity index (χ2n) is 4.62. The molecular formula is C17H25NO. The van der Waals surface area contributed by atoms with Crippen LogP contribution in [0.2, 0.25) is 0 Å². The van der Waals surface area contributed by atoms with E-state index in [1.807, 2.05) is 12.1 Å². The highest BCUT2D eigenvalue weighted by molar-refractivity contribution is 5.29. The largest absolute Gasteiger partial charge is 0.494 e. The summed E-state index contributed by atoms with van der Waals surface area (Å²) >= 11 is 0. The van der Waals surface area contributed by atoms with Gasteiger partial charge in [0.25, 0.3) is 0 Å². The topological polar surface area (TPSA) is 21.3 Å². The Balaban J connectivity index is 2.58. The van der Waals surface area contributed by atoms with E-state index in [2.05, 4.69) is 37.2 Å². The van der Waals surface area contributed by atoms with Gasteiger partial charge in [0, 0.05) is 12.5 Å². The predicted octanol–water partition coefficient (Wildman–Crippen LogP) is 3.93. The van der Waals surface area contributed by atoms with Crippen molar-refractivity contribution in [3.8, 4) is 18.1 Å². The van der Waals surface area contributed by atoms with Crippen LogP contribution in [0.3, 0.4) is 0 Å². The van der Waals surface area contributed by atoms with Crippen molar-refractivity contribution in [2.24, 2.45) is 0 Å². The number of ether oxygens (including phenoxy) is 1. The van der Waals surface area contributed by atoms with E-state index in [0.29, 0.717) is 6.04 Å². The van der Waals surface area contributed by atoms with E-state index in [4.69, 9.17) is 11.2 Å². The van der Waals surface area contributed by atoms with Gasteiger partial charge in [0.15, 0.2) is 0 Å². The molecule has 1 N–H and O–H groups in total. The minimum absolute atomic E-state index is 0.339. The summed E-state index contributed by atoms with van der Waals surface area (Å²) in [7, 11) is 0. The van der Waals surface area contributed by atoms with Crippen LogP contribution < -0.4 is 10.1 Å². The zero-order valence-electron chi connectivity index (χ0n) is 12.1. The number of terminal acetylenes is 1. The fraction of sp³-hybridized carbons (Fsp3) is 0.529. The smallest absolute Gasteiger partial charge is 0.119 e. The molecule has 0 aliphatic rings. The molecule has 0 heterocycles. The average molecular weight is 259 g/mol. The molecule has 0 radical (unpaired) electrons. The zero-order chi connectivity index (χ0) is 13.9. The molecule has 104 valence electrons. The third kappa shape index (κ3) is 5.81. The van der Waals surface area contributed by atoms with Crippen molar-refractivity contribution in [3.63, 3.8) is 0 Å². The summed E-state index contributed by atoms with van der Waals surface area (Å²) in [6, 6.07) is 8.69. The monoisotopic (exact) mass is 259 g/mol. The summed E-state index contributed by atoms with van der Waals surface area (Å²) in [4.78, 5) is 0. The summed E-state index contributed by atoms with van der Waals surface area (Å²) in [6.07, 6.45) is 9.38. The van der Waals surface area contributed by atoms with Gasteiger partial charge in [-0.15, -0.1) is 12.3 Å². The lowest BCUT2D eigenvalue weighted by Crippen LogP contribution is -2.20. The number of nitrogens with one attached hydrogen (secondary N) is 1. The molecule has 0 spiro atoms. The molecule has 0 amide bonds. The van der Waals surface area contributed by atoms with Crippen LogP contribution in [0.5, 0.6) is 5.75 Å². The maximum atomic E-state index is 5.67. The Morgan fingerprint density at radius 1 is 1.26 bits per heavy atom. The predicted molar refractivity (Wildman–Crippen MR) is 81.3 cm³/mol. The van der Waals surface area contributed by atoms with Gasteiger partial charge in [-0.1, -0.05) is 32.4 Å². The molecule has 0 saturated heterocycles. The number of hydrogen-bond acceptors (Lipinski definition) is 2. The van der Waals surface area contributed by atoms with Gasteiger partial charge in [0.2, 0.25) is 0 Å². The Morgan fingerprint density at radius 2 is 2.00 bits per heavy atom. The summed E-state index contributed by atoms with van der Waals surface area (Å²) in [5.74, 6) is 3.66. The van der Waals surface area contributed by atoms with Crippen molar-refractivity contribution in [3.05, 3.63) is 29.8 Å². The fourth-order valence-electron chi connectivity index (χ4n) is 1.99. The van der Waals surface area contributed by atoms with Gasteiger partial charge in [-0.25, -0.2) is 0 Å². The van der Waals surface area contributed by atoms with Crippen LogP contribution in [0.15, 0.2) is 24.3 Å². The molecule has 19 heavy (non-hydrogen) atoms. The SMILES string of the molecule is C#CCCC(NCC)c1ccc(OCCCC)cc1. The van der Waals surface area contributed by atoms with Crippen molar-refractivity contribution in [1.29, 1.82) is 0 Å². The van der Waals surface area contributed by atoms with E-state index in [9.17, 15) is 0 Å². The Hall–Kier alpha value is -1.46. The lowest BCUT2D eigenvalue weighted by atomic mass is 10.0. The van der Waals surface area contributed by atoms with Crippen LogP contribution in [0, 0.1) is 12.3 Å². The second kappa shape index (κ2) is 9.47. The summed E-state index contributed by atoms with van der Waals surface area (Å²) in [6.45, 7) is 6.03. The van der Waals surface area contributed by atoms with E-state index in [1.54, 1.807) is 0 Å². The van der Waals surface area contributed by atoms with Gasteiger partial charge in [-0.2, -0.15) is 0 Å². The van der Waals surface area contributed by atoms with Crippen LogP contribution in [-0.2, 0) is 0 Å². The van der Waals surface area contributed by atoms with Gasteiger partial charge in [0.1, 0.15) is 5.75 Å². The number of rotatable bonds is 9. The van der Waals surface area contributed by atoms with E-state index in [1.165, 1.54) is 5.56 Å². The minimum atomic E-state index is 0.339. The standard InChI is InChI=1S/C17H25NO/c1-4-7-9-17(18-6-3)15-10-12-16(13-11-15)19-14-8-5-2/h1,10-13,17-18H,5-9,14H2,2-3H3. The fourth-order valence-corrected chi connectivity index (χ4v) is 1.99. The zero-order valence-corrected chi connectivity index (χ0v) is 12.1. The summed E-state index contributed by atoms with van der Waals surface area (Å²) in [5.41, 5.74) is 1.28. The molecule has 1 atom stereocenters. The van der Waals surface area contributed by atoms with Crippen LogP contribution in [0.4, 0.5) is 0 Å². The van der Waals surface area contributed by atoms with Crippen LogP contribution in [-0.4, -0.2) is 13.2 Å². The molecule has 0 bridgehead atoms.